The van der Waals surface area contributed by atoms with Crippen molar-refractivity contribution in [2.75, 3.05) is 28.2 Å². The Morgan fingerprint density at radius 3 is 2.20 bits per heavy atom. The highest BCUT2D eigenvalue weighted by Gasteiger charge is 2.06. The van der Waals surface area contributed by atoms with Crippen LogP contribution in [0.5, 0.6) is 5.75 Å². The second kappa shape index (κ2) is 5.09. The molecule has 4 nitrogen and oxygen atoms in total. The van der Waals surface area contributed by atoms with Gasteiger partial charge in [-0.25, -0.2) is 0 Å². The second-order valence-corrected chi connectivity index (χ2v) is 4.24. The number of hydrogen-bond acceptors (Lipinski definition) is 4. The fourth-order valence-electron chi connectivity index (χ4n) is 1.37. The minimum atomic E-state index is 0.270. The molecule has 4 heteroatoms. The molecular weight excluding hydrogens is 190 g/mol. The molecule has 0 aliphatic carbocycles. The van der Waals surface area contributed by atoms with Gasteiger partial charge in [0, 0.05) is 13.1 Å². The molecule has 1 rings (SSSR count). The number of rotatable bonds is 4. The van der Waals surface area contributed by atoms with E-state index < -0.39 is 0 Å². The average molecular weight is 209 g/mol. The summed E-state index contributed by atoms with van der Waals surface area (Å²) in [5.74, 6) is 0.270. The molecule has 0 saturated carbocycles. The summed E-state index contributed by atoms with van der Waals surface area (Å²) in [5.41, 5.74) is 1.72. The van der Waals surface area contributed by atoms with E-state index in [4.69, 9.17) is 0 Å². The molecule has 0 bridgehead atoms. The molecule has 84 valence electrons. The van der Waals surface area contributed by atoms with Gasteiger partial charge in [0.2, 0.25) is 0 Å². The van der Waals surface area contributed by atoms with Gasteiger partial charge in [0.15, 0.2) is 0 Å². The summed E-state index contributed by atoms with van der Waals surface area (Å²) >= 11 is 0. The van der Waals surface area contributed by atoms with Crippen LogP contribution in [0.3, 0.4) is 0 Å². The first-order valence-corrected chi connectivity index (χ1v) is 4.96. The molecule has 0 atom stereocenters. The average Bonchev–Trinajstić information content (AvgIpc) is 2.09. The van der Waals surface area contributed by atoms with Gasteiger partial charge in [-0.3, -0.25) is 4.98 Å². The van der Waals surface area contributed by atoms with E-state index in [0.29, 0.717) is 6.54 Å². The van der Waals surface area contributed by atoms with E-state index >= 15 is 0 Å². The van der Waals surface area contributed by atoms with Crippen molar-refractivity contribution in [1.82, 2.24) is 14.8 Å². The van der Waals surface area contributed by atoms with Crippen LogP contribution in [0.15, 0.2) is 12.1 Å². The van der Waals surface area contributed by atoms with Gasteiger partial charge in [-0.1, -0.05) is 0 Å². The SMILES string of the molecule is CN(C)Cc1ccc(O)c(CN(C)C)n1. The normalized spacial score (nSPS) is 11.3. The topological polar surface area (TPSA) is 39.6 Å². The largest absolute Gasteiger partial charge is 0.506 e. The molecule has 0 radical (unpaired) electrons. The Bertz CT molecular complexity index is 324. The van der Waals surface area contributed by atoms with E-state index in [2.05, 4.69) is 9.88 Å². The standard InChI is InChI=1S/C11H19N3O/c1-13(2)7-9-5-6-11(15)10(12-9)8-14(3)4/h5-6,15H,7-8H2,1-4H3. The van der Waals surface area contributed by atoms with Crippen molar-refractivity contribution < 1.29 is 5.11 Å². The molecule has 1 aromatic heterocycles. The third kappa shape index (κ3) is 3.85. The molecule has 1 heterocycles. The number of hydrogen-bond donors (Lipinski definition) is 1. The minimum absolute atomic E-state index is 0.270. The van der Waals surface area contributed by atoms with Crippen molar-refractivity contribution in [3.8, 4) is 5.75 Å². The van der Waals surface area contributed by atoms with Crippen LogP contribution in [0.4, 0.5) is 0 Å². The van der Waals surface area contributed by atoms with Crippen LogP contribution in [0.2, 0.25) is 0 Å². The Labute approximate surface area is 91.2 Å². The van der Waals surface area contributed by atoms with Gasteiger partial charge in [0.25, 0.3) is 0 Å². The van der Waals surface area contributed by atoms with Gasteiger partial charge in [-0.15, -0.1) is 0 Å². The molecule has 0 unspecified atom stereocenters. The highest BCUT2D eigenvalue weighted by Crippen LogP contribution is 2.16. The van der Waals surface area contributed by atoms with Crippen LogP contribution < -0.4 is 0 Å². The van der Waals surface area contributed by atoms with E-state index in [0.717, 1.165) is 17.9 Å². The Morgan fingerprint density at radius 2 is 1.67 bits per heavy atom. The van der Waals surface area contributed by atoms with E-state index in [9.17, 15) is 5.11 Å². The summed E-state index contributed by atoms with van der Waals surface area (Å²) < 4.78 is 0. The van der Waals surface area contributed by atoms with Crippen molar-refractivity contribution in [3.63, 3.8) is 0 Å². The van der Waals surface area contributed by atoms with Gasteiger partial charge in [-0.05, 0) is 40.3 Å². The molecule has 0 aromatic carbocycles. The van der Waals surface area contributed by atoms with Crippen LogP contribution in [-0.2, 0) is 13.1 Å². The van der Waals surface area contributed by atoms with Crippen LogP contribution in [0.25, 0.3) is 0 Å². The third-order valence-corrected chi connectivity index (χ3v) is 1.95. The summed E-state index contributed by atoms with van der Waals surface area (Å²) in [6.45, 7) is 1.45. The number of aromatic hydroxyl groups is 1. The summed E-state index contributed by atoms with van der Waals surface area (Å²) in [7, 11) is 7.92. The minimum Gasteiger partial charge on any atom is -0.506 e. The lowest BCUT2D eigenvalue weighted by molar-refractivity contribution is 0.370. The lowest BCUT2D eigenvalue weighted by atomic mass is 10.2. The third-order valence-electron chi connectivity index (χ3n) is 1.95. The molecule has 0 saturated heterocycles. The fourth-order valence-corrected chi connectivity index (χ4v) is 1.37. The maximum Gasteiger partial charge on any atom is 0.138 e. The van der Waals surface area contributed by atoms with Crippen LogP contribution in [-0.4, -0.2) is 48.1 Å². The van der Waals surface area contributed by atoms with E-state index in [1.54, 1.807) is 6.07 Å². The van der Waals surface area contributed by atoms with Gasteiger partial charge in [0.1, 0.15) is 5.75 Å². The number of nitrogens with zero attached hydrogens (tertiary/aromatic N) is 3. The lowest BCUT2D eigenvalue weighted by Gasteiger charge is -2.13. The van der Waals surface area contributed by atoms with Crippen molar-refractivity contribution in [2.45, 2.75) is 13.1 Å². The Hall–Kier alpha value is -1.13. The predicted molar refractivity (Wildman–Crippen MR) is 60.7 cm³/mol. The highest BCUT2D eigenvalue weighted by atomic mass is 16.3. The summed E-state index contributed by atoms with van der Waals surface area (Å²) in [6, 6.07) is 3.57. The molecule has 0 spiro atoms. The summed E-state index contributed by atoms with van der Waals surface area (Å²) in [5, 5.41) is 9.62. The first-order valence-electron chi connectivity index (χ1n) is 4.96. The first kappa shape index (κ1) is 11.9. The number of aromatic nitrogens is 1. The maximum atomic E-state index is 9.62. The van der Waals surface area contributed by atoms with E-state index in [1.165, 1.54) is 0 Å². The molecule has 1 aromatic rings. The second-order valence-electron chi connectivity index (χ2n) is 4.24. The predicted octanol–water partition coefficient (Wildman–Crippen LogP) is 0.910. The summed E-state index contributed by atoms with van der Waals surface area (Å²) in [4.78, 5) is 8.46. The zero-order valence-electron chi connectivity index (χ0n) is 9.86. The molecule has 0 aliphatic rings. The zero-order chi connectivity index (χ0) is 11.4. The van der Waals surface area contributed by atoms with Crippen LogP contribution >= 0.6 is 0 Å². The van der Waals surface area contributed by atoms with Crippen molar-refractivity contribution in [3.05, 3.63) is 23.5 Å². The number of pyridine rings is 1. The smallest absolute Gasteiger partial charge is 0.138 e. The quantitative estimate of drug-likeness (QED) is 0.800. The molecule has 15 heavy (non-hydrogen) atoms. The fraction of sp³-hybridized carbons (Fsp3) is 0.545. The Kier molecular flexibility index (Phi) is 4.05. The van der Waals surface area contributed by atoms with Crippen LogP contribution in [0, 0.1) is 0 Å². The van der Waals surface area contributed by atoms with Gasteiger partial charge >= 0.3 is 0 Å². The maximum absolute atomic E-state index is 9.62. The Balaban J connectivity index is 2.85. The van der Waals surface area contributed by atoms with Gasteiger partial charge in [0.05, 0.1) is 11.4 Å². The molecular formula is C11H19N3O. The highest BCUT2D eigenvalue weighted by molar-refractivity contribution is 5.27. The van der Waals surface area contributed by atoms with Crippen molar-refractivity contribution >= 4 is 0 Å². The van der Waals surface area contributed by atoms with Gasteiger partial charge in [-0.2, -0.15) is 0 Å². The lowest BCUT2D eigenvalue weighted by Crippen LogP contribution is -2.15. The Morgan fingerprint density at radius 1 is 1.07 bits per heavy atom. The first-order chi connectivity index (χ1) is 6.99. The van der Waals surface area contributed by atoms with Crippen molar-refractivity contribution in [2.24, 2.45) is 0 Å². The monoisotopic (exact) mass is 209 g/mol. The molecule has 1 N–H and O–H groups in total. The molecule has 0 amide bonds. The van der Waals surface area contributed by atoms with E-state index in [1.807, 2.05) is 39.2 Å². The molecule has 0 aliphatic heterocycles. The van der Waals surface area contributed by atoms with Crippen LogP contribution in [0.1, 0.15) is 11.4 Å². The zero-order valence-corrected chi connectivity index (χ0v) is 9.86. The van der Waals surface area contributed by atoms with E-state index in [-0.39, 0.29) is 5.75 Å². The molecule has 0 fully saturated rings. The van der Waals surface area contributed by atoms with Gasteiger partial charge < -0.3 is 14.9 Å². The summed E-state index contributed by atoms with van der Waals surface area (Å²) in [6.07, 6.45) is 0. The van der Waals surface area contributed by atoms with Crippen molar-refractivity contribution in [1.29, 1.82) is 0 Å².